The van der Waals surface area contributed by atoms with Crippen molar-refractivity contribution in [2.24, 2.45) is 5.10 Å². The third kappa shape index (κ3) is 4.94. The van der Waals surface area contributed by atoms with Gasteiger partial charge in [-0.15, -0.1) is 11.3 Å². The molecule has 2 amide bonds. The van der Waals surface area contributed by atoms with Gasteiger partial charge >= 0.3 is 17.8 Å². The Hall–Kier alpha value is -3.00. The molecule has 1 heterocycles. The number of benzene rings is 1. The molecule has 1 aliphatic rings. The number of esters is 1. The summed E-state index contributed by atoms with van der Waals surface area (Å²) >= 11 is 1.34. The summed E-state index contributed by atoms with van der Waals surface area (Å²) in [4.78, 5) is 38.2. The molecule has 158 valence electrons. The summed E-state index contributed by atoms with van der Waals surface area (Å²) < 4.78 is 5.17. The van der Waals surface area contributed by atoms with Crippen LogP contribution in [0.5, 0.6) is 0 Å². The van der Waals surface area contributed by atoms with E-state index in [1.54, 1.807) is 13.8 Å². The van der Waals surface area contributed by atoms with Crippen LogP contribution in [0.4, 0.5) is 5.00 Å². The van der Waals surface area contributed by atoms with Crippen molar-refractivity contribution in [3.8, 4) is 0 Å². The number of nitrogens with zero attached hydrogens (tertiary/aromatic N) is 1. The van der Waals surface area contributed by atoms with Crippen molar-refractivity contribution >= 4 is 39.8 Å². The summed E-state index contributed by atoms with van der Waals surface area (Å²) in [5, 5.41) is 6.94. The molecule has 1 aliphatic carbocycles. The molecule has 30 heavy (non-hydrogen) atoms. The van der Waals surface area contributed by atoms with E-state index in [0.29, 0.717) is 16.3 Å². The molecule has 0 spiro atoms. The molecule has 0 radical (unpaired) electrons. The fourth-order valence-corrected chi connectivity index (χ4v) is 4.55. The quantitative estimate of drug-likeness (QED) is 0.330. The number of anilines is 1. The fourth-order valence-electron chi connectivity index (χ4n) is 3.28. The average Bonchev–Trinajstić information content (AvgIpc) is 3.10. The van der Waals surface area contributed by atoms with Crippen LogP contribution in [-0.2, 0) is 27.2 Å². The summed E-state index contributed by atoms with van der Waals surface area (Å²) in [7, 11) is 0. The Morgan fingerprint density at radius 3 is 2.50 bits per heavy atom. The highest BCUT2D eigenvalue weighted by Gasteiger charge is 2.28. The minimum absolute atomic E-state index is 0.240. The lowest BCUT2D eigenvalue weighted by Gasteiger charge is -2.12. The van der Waals surface area contributed by atoms with E-state index in [9.17, 15) is 14.4 Å². The average molecular weight is 428 g/mol. The Kier molecular flexibility index (Phi) is 6.99. The van der Waals surface area contributed by atoms with Crippen LogP contribution < -0.4 is 10.7 Å². The van der Waals surface area contributed by atoms with Crippen molar-refractivity contribution in [2.75, 3.05) is 11.9 Å². The highest BCUT2D eigenvalue weighted by Crippen LogP contribution is 2.38. The van der Waals surface area contributed by atoms with Crippen LogP contribution in [0.3, 0.4) is 0 Å². The second-order valence-corrected chi connectivity index (χ2v) is 8.20. The number of carbonyl (C=O) groups excluding carboxylic acids is 3. The minimum atomic E-state index is -0.900. The minimum Gasteiger partial charge on any atom is -0.462 e. The van der Waals surface area contributed by atoms with Gasteiger partial charge in [-0.3, -0.25) is 9.59 Å². The lowest BCUT2D eigenvalue weighted by molar-refractivity contribution is -0.136. The van der Waals surface area contributed by atoms with E-state index in [2.05, 4.69) is 15.8 Å². The third-order valence-corrected chi connectivity index (χ3v) is 6.09. The van der Waals surface area contributed by atoms with Gasteiger partial charge < -0.3 is 10.1 Å². The molecule has 7 nitrogen and oxygen atoms in total. The van der Waals surface area contributed by atoms with E-state index < -0.39 is 17.8 Å². The van der Waals surface area contributed by atoms with E-state index in [1.807, 2.05) is 31.2 Å². The fraction of sp³-hybridized carbons (Fsp3) is 0.364. The lowest BCUT2D eigenvalue weighted by atomic mass is 9.95. The summed E-state index contributed by atoms with van der Waals surface area (Å²) in [6.07, 6.45) is 3.64. The van der Waals surface area contributed by atoms with E-state index in [1.165, 1.54) is 11.3 Å². The maximum absolute atomic E-state index is 12.5. The van der Waals surface area contributed by atoms with E-state index in [0.717, 1.165) is 47.3 Å². The van der Waals surface area contributed by atoms with E-state index >= 15 is 0 Å². The van der Waals surface area contributed by atoms with Gasteiger partial charge in [-0.1, -0.05) is 29.8 Å². The highest BCUT2D eigenvalue weighted by molar-refractivity contribution is 7.17. The number of amides is 2. The van der Waals surface area contributed by atoms with Crippen molar-refractivity contribution in [3.05, 3.63) is 51.4 Å². The number of carbonyl (C=O) groups is 3. The molecular weight excluding hydrogens is 402 g/mol. The van der Waals surface area contributed by atoms with Gasteiger partial charge in [0.25, 0.3) is 0 Å². The Morgan fingerprint density at radius 2 is 1.80 bits per heavy atom. The van der Waals surface area contributed by atoms with Gasteiger partial charge in [0, 0.05) is 4.88 Å². The largest absolute Gasteiger partial charge is 0.462 e. The summed E-state index contributed by atoms with van der Waals surface area (Å²) in [6, 6.07) is 7.67. The molecule has 0 bridgehead atoms. The Labute approximate surface area is 179 Å². The van der Waals surface area contributed by atoms with Gasteiger partial charge in [-0.05, 0) is 57.6 Å². The topological polar surface area (TPSA) is 96.9 Å². The number of rotatable bonds is 5. The molecule has 2 N–H and O–H groups in total. The first-order chi connectivity index (χ1) is 14.4. The molecule has 3 rings (SSSR count). The number of fused-ring (bicyclic) bond motifs is 1. The molecule has 0 saturated heterocycles. The number of hydrogen-bond donors (Lipinski definition) is 2. The molecule has 1 aromatic heterocycles. The number of hydrogen-bond acceptors (Lipinski definition) is 6. The second kappa shape index (κ2) is 9.67. The molecule has 1 aromatic carbocycles. The molecule has 0 saturated carbocycles. The van der Waals surface area contributed by atoms with E-state index in [-0.39, 0.29) is 6.61 Å². The van der Waals surface area contributed by atoms with Gasteiger partial charge in [-0.25, -0.2) is 10.2 Å². The zero-order chi connectivity index (χ0) is 21.7. The zero-order valence-corrected chi connectivity index (χ0v) is 18.1. The number of hydrazone groups is 1. The number of aryl methyl sites for hydroxylation is 2. The van der Waals surface area contributed by atoms with Crippen LogP contribution in [0.25, 0.3) is 0 Å². The van der Waals surface area contributed by atoms with Crippen LogP contribution >= 0.6 is 11.3 Å². The molecule has 0 unspecified atom stereocenters. The zero-order valence-electron chi connectivity index (χ0n) is 17.3. The standard InChI is InChI=1S/C22H25N3O4S/c1-4-29-22(28)18-16-7-5-6-8-17(16)30-21(18)23-19(26)20(27)25-24-14(3)15-11-9-13(2)10-12-15/h9-12H,4-8H2,1-3H3,(H,23,26)(H,25,27)/b24-14+. The first-order valence-electron chi connectivity index (χ1n) is 9.95. The monoisotopic (exact) mass is 427 g/mol. The third-order valence-electron chi connectivity index (χ3n) is 4.88. The maximum Gasteiger partial charge on any atom is 0.341 e. The Balaban J connectivity index is 1.72. The summed E-state index contributed by atoms with van der Waals surface area (Å²) in [5.74, 6) is -2.25. The molecule has 2 aromatic rings. The Morgan fingerprint density at radius 1 is 1.10 bits per heavy atom. The van der Waals surface area contributed by atoms with Crippen molar-refractivity contribution in [1.82, 2.24) is 5.43 Å². The molecule has 8 heteroatoms. The van der Waals surface area contributed by atoms with Crippen molar-refractivity contribution in [1.29, 1.82) is 0 Å². The summed E-state index contributed by atoms with van der Waals surface area (Å²) in [6.45, 7) is 5.70. The number of ether oxygens (including phenoxy) is 1. The highest BCUT2D eigenvalue weighted by atomic mass is 32.1. The van der Waals surface area contributed by atoms with Gasteiger partial charge in [-0.2, -0.15) is 5.10 Å². The predicted octanol–water partition coefficient (Wildman–Crippen LogP) is 3.59. The first kappa shape index (κ1) is 21.7. The molecule has 0 fully saturated rings. The van der Waals surface area contributed by atoms with Gasteiger partial charge in [0.2, 0.25) is 0 Å². The van der Waals surface area contributed by atoms with Crippen LogP contribution in [0.2, 0.25) is 0 Å². The molecule has 0 aliphatic heterocycles. The maximum atomic E-state index is 12.5. The first-order valence-corrected chi connectivity index (χ1v) is 10.8. The SMILES string of the molecule is CCOC(=O)c1c(NC(=O)C(=O)N/N=C(\C)c2ccc(C)cc2)sc2c1CCCC2. The molecular formula is C22H25N3O4S. The van der Waals surface area contributed by atoms with Crippen LogP contribution in [-0.4, -0.2) is 30.1 Å². The predicted molar refractivity (Wildman–Crippen MR) is 117 cm³/mol. The van der Waals surface area contributed by atoms with Crippen molar-refractivity contribution in [3.63, 3.8) is 0 Å². The second-order valence-electron chi connectivity index (χ2n) is 7.09. The molecule has 0 atom stereocenters. The van der Waals surface area contributed by atoms with Crippen molar-refractivity contribution < 1.29 is 19.1 Å². The van der Waals surface area contributed by atoms with Crippen LogP contribution in [0, 0.1) is 6.92 Å². The van der Waals surface area contributed by atoms with Gasteiger partial charge in [0.15, 0.2) is 0 Å². The smallest absolute Gasteiger partial charge is 0.341 e. The summed E-state index contributed by atoms with van der Waals surface area (Å²) in [5.41, 5.74) is 6.11. The number of nitrogens with one attached hydrogen (secondary N) is 2. The number of thiophene rings is 1. The lowest BCUT2D eigenvalue weighted by Crippen LogP contribution is -2.33. The van der Waals surface area contributed by atoms with E-state index in [4.69, 9.17) is 4.74 Å². The van der Waals surface area contributed by atoms with Crippen LogP contribution in [0.15, 0.2) is 29.4 Å². The van der Waals surface area contributed by atoms with Crippen molar-refractivity contribution in [2.45, 2.75) is 46.5 Å². The van der Waals surface area contributed by atoms with Gasteiger partial charge in [0.05, 0.1) is 17.9 Å². The van der Waals surface area contributed by atoms with Crippen LogP contribution in [0.1, 0.15) is 58.6 Å². The van der Waals surface area contributed by atoms with Gasteiger partial charge in [0.1, 0.15) is 5.00 Å². The normalized spacial score (nSPS) is 13.4. The Bertz CT molecular complexity index is 993.